The highest BCUT2D eigenvalue weighted by Crippen LogP contribution is 2.31. The molecule has 0 amide bonds. The van der Waals surface area contributed by atoms with E-state index in [0.29, 0.717) is 6.04 Å². The molecule has 0 bridgehead atoms. The van der Waals surface area contributed by atoms with E-state index in [1.54, 1.807) is 0 Å². The molecule has 1 aliphatic heterocycles. The largest absolute Gasteiger partial charge is 0.368 e. The Hall–Kier alpha value is -0.690. The predicted octanol–water partition coefficient (Wildman–Crippen LogP) is 3.85. The summed E-state index contributed by atoms with van der Waals surface area (Å²) < 4.78 is 0. The first-order valence-electron chi connectivity index (χ1n) is 6.23. The Balaban J connectivity index is 1.94. The summed E-state index contributed by atoms with van der Waals surface area (Å²) in [7, 11) is 0. The van der Waals surface area contributed by atoms with E-state index in [1.165, 1.54) is 37.1 Å². The predicted molar refractivity (Wildman–Crippen MR) is 71.5 cm³/mol. The van der Waals surface area contributed by atoms with Crippen molar-refractivity contribution in [2.75, 3.05) is 17.3 Å². The molecule has 2 heteroatoms. The van der Waals surface area contributed by atoms with E-state index in [9.17, 15) is 0 Å². The van der Waals surface area contributed by atoms with Crippen molar-refractivity contribution in [1.29, 1.82) is 0 Å². The van der Waals surface area contributed by atoms with Crippen molar-refractivity contribution < 1.29 is 0 Å². The molecule has 1 aromatic rings. The lowest BCUT2D eigenvalue weighted by Crippen LogP contribution is -2.30. The van der Waals surface area contributed by atoms with Crippen LogP contribution < -0.4 is 4.90 Å². The number of benzene rings is 1. The van der Waals surface area contributed by atoms with Crippen LogP contribution in [0.4, 0.5) is 5.69 Å². The summed E-state index contributed by atoms with van der Waals surface area (Å²) in [5.41, 5.74) is 2.95. The van der Waals surface area contributed by atoms with Crippen LogP contribution in [0.2, 0.25) is 0 Å². The second-order valence-corrected chi connectivity index (χ2v) is 5.00. The number of hydrogen-bond acceptors (Lipinski definition) is 1. The van der Waals surface area contributed by atoms with Crippen LogP contribution in [-0.4, -0.2) is 18.5 Å². The van der Waals surface area contributed by atoms with Gasteiger partial charge in [0.15, 0.2) is 0 Å². The first kappa shape index (κ1) is 11.8. The molecular formula is C14H20ClN. The van der Waals surface area contributed by atoms with Crippen LogP contribution in [0, 0.1) is 0 Å². The first-order chi connectivity index (χ1) is 7.83. The van der Waals surface area contributed by atoms with Gasteiger partial charge in [-0.25, -0.2) is 0 Å². The SMILES string of the molecule is CC1Cc2ccccc2N1CCCCCCl. The van der Waals surface area contributed by atoms with Gasteiger partial charge >= 0.3 is 0 Å². The summed E-state index contributed by atoms with van der Waals surface area (Å²) in [5.74, 6) is 0.798. The molecule has 1 aliphatic rings. The zero-order valence-corrected chi connectivity index (χ0v) is 10.7. The van der Waals surface area contributed by atoms with Gasteiger partial charge in [-0.2, -0.15) is 0 Å². The topological polar surface area (TPSA) is 3.24 Å². The first-order valence-corrected chi connectivity index (χ1v) is 6.77. The van der Waals surface area contributed by atoms with Gasteiger partial charge in [0.1, 0.15) is 0 Å². The number of fused-ring (bicyclic) bond motifs is 1. The highest BCUT2D eigenvalue weighted by molar-refractivity contribution is 6.17. The van der Waals surface area contributed by atoms with E-state index in [2.05, 4.69) is 36.1 Å². The fraction of sp³-hybridized carbons (Fsp3) is 0.571. The molecule has 1 aromatic carbocycles. The van der Waals surface area contributed by atoms with Crippen LogP contribution in [0.15, 0.2) is 24.3 Å². The van der Waals surface area contributed by atoms with Crippen molar-refractivity contribution >= 4 is 17.3 Å². The molecular weight excluding hydrogens is 218 g/mol. The van der Waals surface area contributed by atoms with Crippen LogP contribution >= 0.6 is 11.6 Å². The van der Waals surface area contributed by atoms with E-state index >= 15 is 0 Å². The molecule has 16 heavy (non-hydrogen) atoms. The molecule has 88 valence electrons. The number of rotatable bonds is 5. The van der Waals surface area contributed by atoms with Crippen molar-refractivity contribution in [1.82, 2.24) is 0 Å². The minimum atomic E-state index is 0.661. The normalized spacial score (nSPS) is 18.9. The monoisotopic (exact) mass is 237 g/mol. The molecule has 0 N–H and O–H groups in total. The number of hydrogen-bond donors (Lipinski definition) is 0. The smallest absolute Gasteiger partial charge is 0.0402 e. The molecule has 0 saturated heterocycles. The third kappa shape index (κ3) is 2.52. The minimum absolute atomic E-state index is 0.661. The Bertz CT molecular complexity index is 337. The van der Waals surface area contributed by atoms with Crippen LogP contribution in [0.25, 0.3) is 0 Å². The molecule has 0 saturated carbocycles. The maximum absolute atomic E-state index is 5.69. The van der Waals surface area contributed by atoms with Crippen molar-refractivity contribution in [2.45, 2.75) is 38.6 Å². The number of unbranched alkanes of at least 4 members (excludes halogenated alkanes) is 2. The number of para-hydroxylation sites is 1. The average Bonchev–Trinajstić information content (AvgIpc) is 2.61. The number of alkyl halides is 1. The molecule has 2 rings (SSSR count). The minimum Gasteiger partial charge on any atom is -0.368 e. The van der Waals surface area contributed by atoms with E-state index in [1.807, 2.05) is 0 Å². The standard InChI is InChI=1S/C14H20ClN/c1-12-11-13-7-3-4-8-14(13)16(12)10-6-2-5-9-15/h3-4,7-8,12H,2,5-6,9-11H2,1H3. The highest BCUT2D eigenvalue weighted by Gasteiger charge is 2.24. The van der Waals surface area contributed by atoms with Gasteiger partial charge in [0, 0.05) is 24.2 Å². The molecule has 0 aromatic heterocycles. The summed E-state index contributed by atoms with van der Waals surface area (Å²) in [6.45, 7) is 3.50. The van der Waals surface area contributed by atoms with E-state index in [-0.39, 0.29) is 0 Å². The molecule has 1 heterocycles. The summed E-state index contributed by atoms with van der Waals surface area (Å²) in [5, 5.41) is 0. The van der Waals surface area contributed by atoms with Crippen LogP contribution in [0.5, 0.6) is 0 Å². The van der Waals surface area contributed by atoms with Gasteiger partial charge in [0.2, 0.25) is 0 Å². The van der Waals surface area contributed by atoms with Gasteiger partial charge in [-0.3, -0.25) is 0 Å². The number of anilines is 1. The number of halogens is 1. The van der Waals surface area contributed by atoms with Gasteiger partial charge in [-0.15, -0.1) is 11.6 Å². The van der Waals surface area contributed by atoms with Gasteiger partial charge in [-0.1, -0.05) is 24.6 Å². The van der Waals surface area contributed by atoms with Crippen molar-refractivity contribution in [3.63, 3.8) is 0 Å². The van der Waals surface area contributed by atoms with Crippen LogP contribution in [0.3, 0.4) is 0 Å². The third-order valence-corrected chi connectivity index (χ3v) is 3.65. The van der Waals surface area contributed by atoms with Crippen LogP contribution in [0.1, 0.15) is 31.7 Å². The van der Waals surface area contributed by atoms with Gasteiger partial charge in [0.05, 0.1) is 0 Å². The van der Waals surface area contributed by atoms with Crippen LogP contribution in [-0.2, 0) is 6.42 Å². The average molecular weight is 238 g/mol. The summed E-state index contributed by atoms with van der Waals surface area (Å²) in [6.07, 6.45) is 4.84. The lowest BCUT2D eigenvalue weighted by molar-refractivity contribution is 0.624. The Morgan fingerprint density at radius 2 is 2.06 bits per heavy atom. The molecule has 1 atom stereocenters. The maximum atomic E-state index is 5.69. The summed E-state index contributed by atoms with van der Waals surface area (Å²) in [6, 6.07) is 9.45. The molecule has 0 aliphatic carbocycles. The zero-order chi connectivity index (χ0) is 11.4. The Morgan fingerprint density at radius 1 is 1.25 bits per heavy atom. The lowest BCUT2D eigenvalue weighted by atomic mass is 10.1. The second-order valence-electron chi connectivity index (χ2n) is 4.62. The lowest BCUT2D eigenvalue weighted by Gasteiger charge is -2.24. The molecule has 1 nitrogen and oxygen atoms in total. The Kier molecular flexibility index (Phi) is 4.11. The van der Waals surface area contributed by atoms with Crippen molar-refractivity contribution in [3.8, 4) is 0 Å². The van der Waals surface area contributed by atoms with Crippen molar-refractivity contribution in [3.05, 3.63) is 29.8 Å². The summed E-state index contributed by atoms with van der Waals surface area (Å²) >= 11 is 5.69. The fourth-order valence-corrected chi connectivity index (χ4v) is 2.71. The van der Waals surface area contributed by atoms with Crippen molar-refractivity contribution in [2.24, 2.45) is 0 Å². The quantitative estimate of drug-likeness (QED) is 0.556. The third-order valence-electron chi connectivity index (χ3n) is 3.38. The van der Waals surface area contributed by atoms with E-state index in [0.717, 1.165) is 12.3 Å². The molecule has 0 fully saturated rings. The van der Waals surface area contributed by atoms with E-state index in [4.69, 9.17) is 11.6 Å². The molecule has 0 radical (unpaired) electrons. The zero-order valence-electron chi connectivity index (χ0n) is 9.95. The molecule has 1 unspecified atom stereocenters. The van der Waals surface area contributed by atoms with E-state index < -0.39 is 0 Å². The number of nitrogens with zero attached hydrogens (tertiary/aromatic N) is 1. The van der Waals surface area contributed by atoms with Gasteiger partial charge < -0.3 is 4.90 Å². The second kappa shape index (κ2) is 5.58. The maximum Gasteiger partial charge on any atom is 0.0402 e. The molecule has 0 spiro atoms. The summed E-state index contributed by atoms with van der Waals surface area (Å²) in [4.78, 5) is 2.55. The van der Waals surface area contributed by atoms with Gasteiger partial charge in [-0.05, 0) is 37.8 Å². The Labute approximate surface area is 103 Å². The fourth-order valence-electron chi connectivity index (χ4n) is 2.52. The van der Waals surface area contributed by atoms with Gasteiger partial charge in [0.25, 0.3) is 0 Å². The Morgan fingerprint density at radius 3 is 2.88 bits per heavy atom. The highest BCUT2D eigenvalue weighted by atomic mass is 35.5.